The van der Waals surface area contributed by atoms with E-state index in [4.69, 9.17) is 22.4 Å². The van der Waals surface area contributed by atoms with Crippen LogP contribution in [0.25, 0.3) is 0 Å². The topological polar surface area (TPSA) is 88.2 Å². The van der Waals surface area contributed by atoms with Crippen molar-refractivity contribution in [3.8, 4) is 0 Å². The van der Waals surface area contributed by atoms with Gasteiger partial charge in [-0.3, -0.25) is 0 Å². The van der Waals surface area contributed by atoms with Crippen LogP contribution < -0.4 is 11.1 Å². The summed E-state index contributed by atoms with van der Waals surface area (Å²) in [6.07, 6.45) is 1.31. The van der Waals surface area contributed by atoms with Crippen LogP contribution >= 0.6 is 11.6 Å². The van der Waals surface area contributed by atoms with Gasteiger partial charge in [-0.25, -0.2) is 14.2 Å². The van der Waals surface area contributed by atoms with Crippen LogP contribution in [0.3, 0.4) is 0 Å². The van der Waals surface area contributed by atoms with E-state index in [2.05, 4.69) is 10.3 Å². The number of halogens is 2. The first kappa shape index (κ1) is 13.1. The predicted octanol–water partition coefficient (Wildman–Crippen LogP) is 2.90. The second kappa shape index (κ2) is 5.11. The van der Waals surface area contributed by atoms with Crippen LogP contribution in [0.1, 0.15) is 10.4 Å². The summed E-state index contributed by atoms with van der Waals surface area (Å²) in [4.78, 5) is 14.9. The Balaban J connectivity index is 2.37. The molecule has 0 atom stereocenters. The van der Waals surface area contributed by atoms with Crippen LogP contribution in [0.4, 0.5) is 21.6 Å². The maximum atomic E-state index is 13.3. The molecular weight excluding hydrogens is 273 g/mol. The van der Waals surface area contributed by atoms with E-state index in [9.17, 15) is 9.18 Å². The highest BCUT2D eigenvalue weighted by Gasteiger charge is 2.12. The lowest BCUT2D eigenvalue weighted by Gasteiger charge is -2.09. The molecule has 0 spiro atoms. The number of carboxylic acid groups (broad SMARTS) is 1. The fourth-order valence-electron chi connectivity index (χ4n) is 1.45. The van der Waals surface area contributed by atoms with Gasteiger partial charge in [0.2, 0.25) is 0 Å². The lowest BCUT2D eigenvalue weighted by molar-refractivity contribution is 0.0697. The van der Waals surface area contributed by atoms with E-state index in [1.54, 1.807) is 0 Å². The van der Waals surface area contributed by atoms with Crippen molar-refractivity contribution in [2.75, 3.05) is 11.1 Å². The Morgan fingerprint density at radius 1 is 1.42 bits per heavy atom. The highest BCUT2D eigenvalue weighted by atomic mass is 35.5. The number of benzene rings is 1. The van der Waals surface area contributed by atoms with Crippen LogP contribution in [0.15, 0.2) is 30.5 Å². The summed E-state index contributed by atoms with van der Waals surface area (Å²) >= 11 is 5.56. The molecular formula is C12H9ClFN3O2. The molecule has 98 valence electrons. The minimum Gasteiger partial charge on any atom is -0.478 e. The monoisotopic (exact) mass is 281 g/mol. The molecule has 7 heteroatoms. The molecule has 0 fully saturated rings. The molecule has 0 aliphatic heterocycles. The van der Waals surface area contributed by atoms with Crippen molar-refractivity contribution < 1.29 is 14.3 Å². The quantitative estimate of drug-likeness (QED) is 0.805. The molecule has 2 aromatic rings. The lowest BCUT2D eigenvalue weighted by atomic mass is 10.2. The van der Waals surface area contributed by atoms with Gasteiger partial charge in [-0.05, 0) is 24.3 Å². The highest BCUT2D eigenvalue weighted by Crippen LogP contribution is 2.24. The first-order valence-electron chi connectivity index (χ1n) is 5.18. The Morgan fingerprint density at radius 2 is 2.16 bits per heavy atom. The fraction of sp³-hybridized carbons (Fsp3) is 0. The van der Waals surface area contributed by atoms with Crippen molar-refractivity contribution in [3.05, 3.63) is 46.9 Å². The first-order chi connectivity index (χ1) is 8.97. The summed E-state index contributed by atoms with van der Waals surface area (Å²) in [5.41, 5.74) is 5.93. The summed E-state index contributed by atoms with van der Waals surface area (Å²) in [6.45, 7) is 0. The predicted molar refractivity (Wildman–Crippen MR) is 70.3 cm³/mol. The standard InChI is InChI=1S/C12H9ClFN3O2/c13-9-2-1-7(4-10(9)14)17-11-8(12(18)19)3-6(15)5-16-11/h1-5H,15H2,(H,16,17)(H,18,19). The van der Waals surface area contributed by atoms with Crippen molar-refractivity contribution >= 4 is 34.8 Å². The number of anilines is 3. The third-order valence-corrected chi connectivity index (χ3v) is 2.63. The van der Waals surface area contributed by atoms with Crippen molar-refractivity contribution in [1.82, 2.24) is 4.98 Å². The molecule has 2 rings (SSSR count). The number of nitrogens with two attached hydrogens (primary N) is 1. The number of aromatic carboxylic acids is 1. The number of aromatic nitrogens is 1. The van der Waals surface area contributed by atoms with Gasteiger partial charge in [0.25, 0.3) is 0 Å². The highest BCUT2D eigenvalue weighted by molar-refractivity contribution is 6.30. The van der Waals surface area contributed by atoms with E-state index in [1.165, 1.54) is 24.4 Å². The van der Waals surface area contributed by atoms with E-state index in [-0.39, 0.29) is 22.1 Å². The van der Waals surface area contributed by atoms with Gasteiger partial charge in [0, 0.05) is 5.69 Å². The van der Waals surface area contributed by atoms with Crippen LogP contribution in [-0.2, 0) is 0 Å². The number of pyridine rings is 1. The minimum absolute atomic E-state index is 0.0192. The number of carboxylic acids is 1. The molecule has 4 N–H and O–H groups in total. The molecule has 1 aromatic heterocycles. The van der Waals surface area contributed by atoms with Crippen molar-refractivity contribution in [2.45, 2.75) is 0 Å². The molecule has 0 aliphatic carbocycles. The zero-order valence-corrected chi connectivity index (χ0v) is 10.3. The molecule has 19 heavy (non-hydrogen) atoms. The molecule has 5 nitrogen and oxygen atoms in total. The van der Waals surface area contributed by atoms with E-state index < -0.39 is 11.8 Å². The normalized spacial score (nSPS) is 10.2. The molecule has 0 saturated carbocycles. The summed E-state index contributed by atoms with van der Waals surface area (Å²) < 4.78 is 13.3. The second-order valence-corrected chi connectivity index (χ2v) is 4.13. The van der Waals surface area contributed by atoms with Gasteiger partial charge in [-0.15, -0.1) is 0 Å². The molecule has 0 amide bonds. The Morgan fingerprint density at radius 3 is 2.79 bits per heavy atom. The molecule has 0 bridgehead atoms. The number of hydrogen-bond donors (Lipinski definition) is 3. The first-order valence-corrected chi connectivity index (χ1v) is 5.56. The third kappa shape index (κ3) is 2.92. The van der Waals surface area contributed by atoms with E-state index in [0.29, 0.717) is 5.69 Å². The zero-order chi connectivity index (χ0) is 14.0. The molecule has 1 heterocycles. The lowest BCUT2D eigenvalue weighted by Crippen LogP contribution is -2.06. The van der Waals surface area contributed by atoms with Gasteiger partial charge < -0.3 is 16.2 Å². The molecule has 0 radical (unpaired) electrons. The fourth-order valence-corrected chi connectivity index (χ4v) is 1.57. The van der Waals surface area contributed by atoms with Gasteiger partial charge in [0.1, 0.15) is 17.2 Å². The van der Waals surface area contributed by atoms with Gasteiger partial charge in [-0.2, -0.15) is 0 Å². The summed E-state index contributed by atoms with van der Waals surface area (Å²) in [5, 5.41) is 11.7. The van der Waals surface area contributed by atoms with Crippen LogP contribution in [0.2, 0.25) is 5.02 Å². The SMILES string of the molecule is Nc1cnc(Nc2ccc(Cl)c(F)c2)c(C(=O)O)c1. The van der Waals surface area contributed by atoms with Gasteiger partial charge in [0.05, 0.1) is 16.9 Å². The van der Waals surface area contributed by atoms with Crippen LogP contribution in [0.5, 0.6) is 0 Å². The summed E-state index contributed by atoms with van der Waals surface area (Å²) in [7, 11) is 0. The number of nitrogens with zero attached hydrogens (tertiary/aromatic N) is 1. The molecule has 0 aliphatic rings. The van der Waals surface area contributed by atoms with Crippen LogP contribution in [-0.4, -0.2) is 16.1 Å². The average Bonchev–Trinajstić information content (AvgIpc) is 2.36. The Bertz CT molecular complexity index is 649. The molecule has 1 aromatic carbocycles. The van der Waals surface area contributed by atoms with Crippen molar-refractivity contribution in [2.24, 2.45) is 0 Å². The largest absolute Gasteiger partial charge is 0.478 e. The summed E-state index contributed by atoms with van der Waals surface area (Å²) in [5.74, 6) is -1.72. The van der Waals surface area contributed by atoms with E-state index >= 15 is 0 Å². The van der Waals surface area contributed by atoms with Crippen LogP contribution in [0, 0.1) is 5.82 Å². The molecule has 0 saturated heterocycles. The maximum Gasteiger partial charge on any atom is 0.339 e. The Labute approximate surface area is 112 Å². The maximum absolute atomic E-state index is 13.3. The van der Waals surface area contributed by atoms with Crippen molar-refractivity contribution in [3.63, 3.8) is 0 Å². The Hall–Kier alpha value is -2.34. The van der Waals surface area contributed by atoms with E-state index in [1.807, 2.05) is 0 Å². The Kier molecular flexibility index (Phi) is 3.52. The van der Waals surface area contributed by atoms with Crippen molar-refractivity contribution in [1.29, 1.82) is 0 Å². The smallest absolute Gasteiger partial charge is 0.339 e. The number of carbonyl (C=O) groups is 1. The van der Waals surface area contributed by atoms with Gasteiger partial charge in [0.15, 0.2) is 0 Å². The minimum atomic E-state index is -1.18. The van der Waals surface area contributed by atoms with Gasteiger partial charge >= 0.3 is 5.97 Å². The second-order valence-electron chi connectivity index (χ2n) is 3.72. The average molecular weight is 282 g/mol. The zero-order valence-electron chi connectivity index (χ0n) is 9.52. The summed E-state index contributed by atoms with van der Waals surface area (Å²) in [6, 6.07) is 5.28. The number of hydrogen-bond acceptors (Lipinski definition) is 4. The number of rotatable bonds is 3. The van der Waals surface area contributed by atoms with Gasteiger partial charge in [-0.1, -0.05) is 11.6 Å². The number of nitrogens with one attached hydrogen (secondary N) is 1. The third-order valence-electron chi connectivity index (χ3n) is 2.32. The number of nitrogen functional groups attached to an aromatic ring is 1. The van der Waals surface area contributed by atoms with E-state index in [0.717, 1.165) is 6.07 Å². The molecule has 0 unspecified atom stereocenters.